The van der Waals surface area contributed by atoms with Crippen LogP contribution in [0.4, 0.5) is 0 Å². The summed E-state index contributed by atoms with van der Waals surface area (Å²) in [6.45, 7) is 2.32. The van der Waals surface area contributed by atoms with Crippen molar-refractivity contribution in [2.75, 3.05) is 0 Å². The van der Waals surface area contributed by atoms with Crippen molar-refractivity contribution in [1.82, 2.24) is 0 Å². The second-order valence-electron chi connectivity index (χ2n) is 2.93. The molecule has 0 heterocycles. The first-order chi connectivity index (χ1) is 3.79. The molecule has 0 aromatic heterocycles. The fraction of sp³-hybridized carbons (Fsp3) is 1.00. The molecule has 48 valence electrons. The van der Waals surface area contributed by atoms with E-state index >= 15 is 0 Å². The van der Waals surface area contributed by atoms with Crippen molar-refractivity contribution in [3.05, 3.63) is 0 Å². The molecule has 0 aromatic carbocycles. The van der Waals surface area contributed by atoms with Gasteiger partial charge in [0.05, 0.1) is 0 Å². The van der Waals surface area contributed by atoms with Crippen LogP contribution in [0.25, 0.3) is 0 Å². The number of rotatable bonds is 0. The van der Waals surface area contributed by atoms with E-state index in [2.05, 4.69) is 19.6 Å². The average molecular weight is 130 g/mol. The minimum Gasteiger partial charge on any atom is -0.176 e. The molecule has 0 aliphatic heterocycles. The SMILES string of the molecule is C[C@@H]1CCC[C@@H](S)C1. The molecule has 0 saturated heterocycles. The summed E-state index contributed by atoms with van der Waals surface area (Å²) in [6, 6.07) is 0. The highest BCUT2D eigenvalue weighted by molar-refractivity contribution is 7.80. The van der Waals surface area contributed by atoms with Crippen molar-refractivity contribution in [1.29, 1.82) is 0 Å². The van der Waals surface area contributed by atoms with Gasteiger partial charge in [0.25, 0.3) is 0 Å². The third kappa shape index (κ3) is 1.70. The topological polar surface area (TPSA) is 0 Å². The van der Waals surface area contributed by atoms with Crippen LogP contribution in [0.1, 0.15) is 32.6 Å². The lowest BCUT2D eigenvalue weighted by molar-refractivity contribution is 0.395. The van der Waals surface area contributed by atoms with Gasteiger partial charge in [0.1, 0.15) is 0 Å². The van der Waals surface area contributed by atoms with Crippen molar-refractivity contribution in [2.45, 2.75) is 37.9 Å². The summed E-state index contributed by atoms with van der Waals surface area (Å²) < 4.78 is 0. The van der Waals surface area contributed by atoms with Gasteiger partial charge in [0, 0.05) is 5.25 Å². The minimum atomic E-state index is 0.707. The average Bonchev–Trinajstić information content (AvgIpc) is 1.64. The number of hydrogen-bond acceptors (Lipinski definition) is 1. The molecular formula is C7H14S. The zero-order valence-electron chi connectivity index (χ0n) is 5.43. The van der Waals surface area contributed by atoms with E-state index in [4.69, 9.17) is 0 Å². The van der Waals surface area contributed by atoms with Gasteiger partial charge in [0.15, 0.2) is 0 Å². The minimum absolute atomic E-state index is 0.707. The molecule has 1 fully saturated rings. The fourth-order valence-electron chi connectivity index (χ4n) is 1.40. The van der Waals surface area contributed by atoms with Crippen LogP contribution in [-0.2, 0) is 0 Å². The van der Waals surface area contributed by atoms with Crippen molar-refractivity contribution in [3.63, 3.8) is 0 Å². The Hall–Kier alpha value is 0.350. The standard InChI is InChI=1S/C7H14S/c1-6-3-2-4-7(8)5-6/h6-8H,2-5H2,1H3/t6-,7-/m1/s1. The predicted octanol–water partition coefficient (Wildman–Crippen LogP) is 2.49. The lowest BCUT2D eigenvalue weighted by atomic mass is 9.91. The first-order valence-electron chi connectivity index (χ1n) is 3.47. The van der Waals surface area contributed by atoms with Crippen molar-refractivity contribution in [2.24, 2.45) is 5.92 Å². The Morgan fingerprint density at radius 2 is 2.12 bits per heavy atom. The van der Waals surface area contributed by atoms with Crippen LogP contribution < -0.4 is 0 Å². The van der Waals surface area contributed by atoms with Crippen LogP contribution in [0.2, 0.25) is 0 Å². The van der Waals surface area contributed by atoms with Gasteiger partial charge in [-0.3, -0.25) is 0 Å². The first kappa shape index (κ1) is 6.47. The van der Waals surface area contributed by atoms with Gasteiger partial charge in [0.2, 0.25) is 0 Å². The molecule has 0 radical (unpaired) electrons. The van der Waals surface area contributed by atoms with Crippen molar-refractivity contribution >= 4 is 12.6 Å². The Kier molecular flexibility index (Phi) is 2.24. The van der Waals surface area contributed by atoms with Crippen LogP contribution in [0.3, 0.4) is 0 Å². The molecule has 1 heteroatoms. The highest BCUT2D eigenvalue weighted by Gasteiger charge is 2.14. The fourth-order valence-corrected chi connectivity index (χ4v) is 1.94. The Labute approximate surface area is 57.1 Å². The van der Waals surface area contributed by atoms with Crippen LogP contribution in [0.15, 0.2) is 0 Å². The van der Waals surface area contributed by atoms with E-state index in [1.807, 2.05) is 0 Å². The Balaban J connectivity index is 2.23. The van der Waals surface area contributed by atoms with Gasteiger partial charge in [-0.1, -0.05) is 19.8 Å². The summed E-state index contributed by atoms with van der Waals surface area (Å²) in [5.41, 5.74) is 0. The first-order valence-corrected chi connectivity index (χ1v) is 3.98. The van der Waals surface area contributed by atoms with Crippen LogP contribution in [-0.4, -0.2) is 5.25 Å². The lowest BCUT2D eigenvalue weighted by Gasteiger charge is -2.22. The molecule has 0 bridgehead atoms. The van der Waals surface area contributed by atoms with E-state index in [-0.39, 0.29) is 0 Å². The Bertz CT molecular complexity index is 62.8. The summed E-state index contributed by atoms with van der Waals surface area (Å²) in [4.78, 5) is 0. The molecule has 0 amide bonds. The molecule has 8 heavy (non-hydrogen) atoms. The molecule has 0 aromatic rings. The lowest BCUT2D eigenvalue weighted by Crippen LogP contribution is -2.12. The summed E-state index contributed by atoms with van der Waals surface area (Å²) in [6.07, 6.45) is 5.50. The summed E-state index contributed by atoms with van der Waals surface area (Å²) in [5.74, 6) is 0.936. The predicted molar refractivity (Wildman–Crippen MR) is 40.4 cm³/mol. The van der Waals surface area contributed by atoms with Gasteiger partial charge in [-0.2, -0.15) is 12.6 Å². The van der Waals surface area contributed by atoms with Crippen LogP contribution in [0, 0.1) is 5.92 Å². The maximum atomic E-state index is 4.42. The van der Waals surface area contributed by atoms with E-state index in [1.54, 1.807) is 0 Å². The van der Waals surface area contributed by atoms with E-state index in [0.717, 1.165) is 5.92 Å². The van der Waals surface area contributed by atoms with E-state index in [0.29, 0.717) is 5.25 Å². The van der Waals surface area contributed by atoms with Gasteiger partial charge >= 0.3 is 0 Å². The largest absolute Gasteiger partial charge is 0.176 e. The third-order valence-corrected chi connectivity index (χ3v) is 2.38. The molecule has 2 atom stereocenters. The zero-order chi connectivity index (χ0) is 5.98. The van der Waals surface area contributed by atoms with Crippen LogP contribution >= 0.6 is 12.6 Å². The highest BCUT2D eigenvalue weighted by Crippen LogP contribution is 2.26. The van der Waals surface area contributed by atoms with Gasteiger partial charge < -0.3 is 0 Å². The maximum absolute atomic E-state index is 4.42. The third-order valence-electron chi connectivity index (χ3n) is 1.91. The molecule has 0 N–H and O–H groups in total. The van der Waals surface area contributed by atoms with Gasteiger partial charge in [-0.15, -0.1) is 0 Å². The monoisotopic (exact) mass is 130 g/mol. The second-order valence-corrected chi connectivity index (χ2v) is 3.66. The van der Waals surface area contributed by atoms with Gasteiger partial charge in [-0.05, 0) is 18.8 Å². The zero-order valence-corrected chi connectivity index (χ0v) is 6.32. The van der Waals surface area contributed by atoms with E-state index in [1.165, 1.54) is 25.7 Å². The van der Waals surface area contributed by atoms with Gasteiger partial charge in [-0.25, -0.2) is 0 Å². The van der Waals surface area contributed by atoms with Crippen LogP contribution in [0.5, 0.6) is 0 Å². The maximum Gasteiger partial charge on any atom is 0.00193 e. The number of thiol groups is 1. The highest BCUT2D eigenvalue weighted by atomic mass is 32.1. The molecule has 0 nitrogen and oxygen atoms in total. The summed E-state index contributed by atoms with van der Waals surface area (Å²) >= 11 is 4.42. The molecule has 1 saturated carbocycles. The summed E-state index contributed by atoms with van der Waals surface area (Å²) in [5, 5.41) is 0.707. The van der Waals surface area contributed by atoms with Crippen molar-refractivity contribution < 1.29 is 0 Å². The molecule has 1 aliphatic rings. The molecule has 0 spiro atoms. The summed E-state index contributed by atoms with van der Waals surface area (Å²) in [7, 11) is 0. The Morgan fingerprint density at radius 1 is 1.38 bits per heavy atom. The second kappa shape index (κ2) is 2.77. The Morgan fingerprint density at radius 3 is 2.50 bits per heavy atom. The smallest absolute Gasteiger partial charge is 0.00193 e. The molecule has 1 aliphatic carbocycles. The van der Waals surface area contributed by atoms with E-state index in [9.17, 15) is 0 Å². The number of hydrogen-bond donors (Lipinski definition) is 1. The van der Waals surface area contributed by atoms with E-state index < -0.39 is 0 Å². The van der Waals surface area contributed by atoms with Crippen molar-refractivity contribution in [3.8, 4) is 0 Å². The molecular weight excluding hydrogens is 116 g/mol. The normalized spacial score (nSPS) is 39.8. The quantitative estimate of drug-likeness (QED) is 0.478. The molecule has 1 rings (SSSR count). The molecule has 0 unspecified atom stereocenters.